The van der Waals surface area contributed by atoms with E-state index >= 15 is 0 Å². The fourth-order valence-corrected chi connectivity index (χ4v) is 2.27. The van der Waals surface area contributed by atoms with Gasteiger partial charge in [-0.05, 0) is 30.2 Å². The summed E-state index contributed by atoms with van der Waals surface area (Å²) >= 11 is 0. The highest BCUT2D eigenvalue weighted by Gasteiger charge is 2.10. The fourth-order valence-electron chi connectivity index (χ4n) is 2.27. The van der Waals surface area contributed by atoms with Gasteiger partial charge in [0, 0.05) is 37.7 Å². The largest absolute Gasteiger partial charge is 0.417 e. The maximum atomic E-state index is 11.2. The van der Waals surface area contributed by atoms with Crippen LogP contribution in [0, 0.1) is 0 Å². The van der Waals surface area contributed by atoms with E-state index in [0.717, 1.165) is 22.2 Å². The molecule has 0 aliphatic carbocycles. The van der Waals surface area contributed by atoms with Crippen molar-refractivity contribution in [3.8, 4) is 0 Å². The molecule has 0 saturated heterocycles. The number of benzene rings is 1. The molecule has 0 unspecified atom stereocenters. The zero-order chi connectivity index (χ0) is 15.4. The third-order valence-electron chi connectivity index (χ3n) is 3.14. The van der Waals surface area contributed by atoms with Crippen molar-refractivity contribution in [3.63, 3.8) is 0 Å². The summed E-state index contributed by atoms with van der Waals surface area (Å²) in [5.74, 6) is -0.162. The third kappa shape index (κ3) is 3.53. The molecule has 6 nitrogen and oxygen atoms in total. The Morgan fingerprint density at radius 3 is 2.62 bits per heavy atom. The molecule has 1 aromatic heterocycles. The van der Waals surface area contributed by atoms with Gasteiger partial charge in [0.25, 0.3) is 0 Å². The van der Waals surface area contributed by atoms with Crippen LogP contribution in [-0.4, -0.2) is 30.2 Å². The van der Waals surface area contributed by atoms with Crippen LogP contribution < -0.4 is 15.5 Å². The Hall–Kier alpha value is -2.50. The van der Waals surface area contributed by atoms with Crippen LogP contribution in [0.5, 0.6) is 0 Å². The Kier molecular flexibility index (Phi) is 4.47. The van der Waals surface area contributed by atoms with Gasteiger partial charge in [0.1, 0.15) is 7.11 Å². The maximum Gasteiger partial charge on any atom is 0.221 e. The van der Waals surface area contributed by atoms with E-state index in [-0.39, 0.29) is 11.8 Å². The van der Waals surface area contributed by atoms with Gasteiger partial charge in [-0.25, -0.2) is 0 Å². The molecule has 0 atom stereocenters. The number of hydrogen-bond donors (Lipinski definition) is 2. The van der Waals surface area contributed by atoms with Crippen molar-refractivity contribution in [2.45, 2.75) is 20.3 Å². The molecule has 1 heterocycles. The summed E-state index contributed by atoms with van der Waals surface area (Å²) in [6.45, 7) is 3.53. The van der Waals surface area contributed by atoms with Gasteiger partial charge in [0.2, 0.25) is 11.8 Å². The minimum absolute atomic E-state index is 0.0515. The molecule has 0 aliphatic heterocycles. The van der Waals surface area contributed by atoms with Crippen LogP contribution in [0.2, 0.25) is 0 Å². The summed E-state index contributed by atoms with van der Waals surface area (Å²) in [7, 11) is 1.60. The van der Waals surface area contributed by atoms with E-state index in [2.05, 4.69) is 10.6 Å². The first-order chi connectivity index (χ1) is 10.0. The zero-order valence-electron chi connectivity index (χ0n) is 12.4. The molecule has 2 aromatic rings. The molecular formula is C15H19N3O3. The number of rotatable bonds is 5. The van der Waals surface area contributed by atoms with Gasteiger partial charge >= 0.3 is 0 Å². The lowest BCUT2D eigenvalue weighted by Gasteiger charge is -2.05. The van der Waals surface area contributed by atoms with Crippen LogP contribution >= 0.6 is 0 Å². The van der Waals surface area contributed by atoms with Crippen LogP contribution in [0.3, 0.4) is 0 Å². The number of amides is 2. The first-order valence-corrected chi connectivity index (χ1v) is 6.71. The van der Waals surface area contributed by atoms with E-state index < -0.39 is 0 Å². The van der Waals surface area contributed by atoms with E-state index in [9.17, 15) is 9.59 Å². The summed E-state index contributed by atoms with van der Waals surface area (Å²) in [5, 5.41) is 6.53. The van der Waals surface area contributed by atoms with Gasteiger partial charge < -0.3 is 15.5 Å². The monoisotopic (exact) mass is 289 g/mol. The number of carbonyl (C=O) groups is 2. The number of carbonyl (C=O) groups excluding carboxylic acids is 2. The molecule has 0 radical (unpaired) electrons. The second-order valence-electron chi connectivity index (χ2n) is 4.81. The van der Waals surface area contributed by atoms with Crippen LogP contribution in [-0.2, 0) is 16.0 Å². The van der Waals surface area contributed by atoms with E-state index in [0.29, 0.717) is 13.0 Å². The zero-order valence-corrected chi connectivity index (χ0v) is 12.4. The lowest BCUT2D eigenvalue weighted by atomic mass is 10.1. The Balaban J connectivity index is 2.33. The van der Waals surface area contributed by atoms with Gasteiger partial charge in [-0.2, -0.15) is 4.73 Å². The minimum Gasteiger partial charge on any atom is -0.417 e. The lowest BCUT2D eigenvalue weighted by Crippen LogP contribution is -2.22. The number of anilines is 1. The first kappa shape index (κ1) is 14.9. The highest BCUT2D eigenvalue weighted by atomic mass is 16.6. The smallest absolute Gasteiger partial charge is 0.221 e. The van der Waals surface area contributed by atoms with E-state index in [1.807, 2.05) is 24.4 Å². The third-order valence-corrected chi connectivity index (χ3v) is 3.14. The lowest BCUT2D eigenvalue weighted by molar-refractivity contribution is -0.119. The van der Waals surface area contributed by atoms with E-state index in [4.69, 9.17) is 4.84 Å². The van der Waals surface area contributed by atoms with Crippen molar-refractivity contribution in [2.24, 2.45) is 0 Å². The molecule has 0 aliphatic rings. The predicted octanol–water partition coefficient (Wildman–Crippen LogP) is 1.34. The fraction of sp³-hybridized carbons (Fsp3) is 0.333. The van der Waals surface area contributed by atoms with Gasteiger partial charge in [0.15, 0.2) is 0 Å². The second-order valence-corrected chi connectivity index (χ2v) is 4.81. The van der Waals surface area contributed by atoms with Gasteiger partial charge in [-0.3, -0.25) is 9.59 Å². The molecule has 0 fully saturated rings. The van der Waals surface area contributed by atoms with Crippen molar-refractivity contribution < 1.29 is 14.4 Å². The predicted molar refractivity (Wildman–Crippen MR) is 81.1 cm³/mol. The number of hydrogen-bond acceptors (Lipinski definition) is 3. The Labute approximate surface area is 123 Å². The van der Waals surface area contributed by atoms with Gasteiger partial charge in [-0.1, -0.05) is 0 Å². The van der Waals surface area contributed by atoms with Crippen molar-refractivity contribution in [1.29, 1.82) is 0 Å². The topological polar surface area (TPSA) is 72.4 Å². The number of nitrogens with one attached hydrogen (secondary N) is 2. The van der Waals surface area contributed by atoms with Crippen molar-refractivity contribution in [2.75, 3.05) is 19.0 Å². The van der Waals surface area contributed by atoms with Gasteiger partial charge in [0.05, 0.1) is 5.52 Å². The molecule has 112 valence electrons. The van der Waals surface area contributed by atoms with Crippen molar-refractivity contribution in [1.82, 2.24) is 10.0 Å². The molecule has 0 saturated carbocycles. The standard InChI is InChI=1S/C15H19N3O3/c1-10(19)16-7-6-12-9-18(21-3)15-5-4-13(8-14(12)15)17-11(2)20/h4-5,8-9H,6-7H2,1-3H3,(H,16,19)(H,17,20). The highest BCUT2D eigenvalue weighted by Crippen LogP contribution is 2.24. The number of aromatic nitrogens is 1. The number of fused-ring (bicyclic) bond motifs is 1. The average molecular weight is 289 g/mol. The quantitative estimate of drug-likeness (QED) is 0.872. The summed E-state index contributed by atoms with van der Waals surface area (Å²) < 4.78 is 1.68. The second kappa shape index (κ2) is 6.30. The molecule has 0 spiro atoms. The van der Waals surface area contributed by atoms with Crippen LogP contribution in [0.4, 0.5) is 5.69 Å². The normalized spacial score (nSPS) is 10.4. The molecule has 0 bridgehead atoms. The Morgan fingerprint density at radius 1 is 1.24 bits per heavy atom. The summed E-state index contributed by atoms with van der Waals surface area (Å²) in [6.07, 6.45) is 2.58. The van der Waals surface area contributed by atoms with Crippen LogP contribution in [0.1, 0.15) is 19.4 Å². The molecule has 6 heteroatoms. The minimum atomic E-state index is -0.111. The van der Waals surface area contributed by atoms with Crippen molar-refractivity contribution in [3.05, 3.63) is 30.0 Å². The van der Waals surface area contributed by atoms with Gasteiger partial charge in [-0.15, -0.1) is 0 Å². The van der Waals surface area contributed by atoms with Crippen molar-refractivity contribution >= 4 is 28.4 Å². The van der Waals surface area contributed by atoms with E-state index in [1.165, 1.54) is 13.8 Å². The summed E-state index contributed by atoms with van der Waals surface area (Å²) in [4.78, 5) is 27.4. The first-order valence-electron chi connectivity index (χ1n) is 6.71. The Morgan fingerprint density at radius 2 is 2.00 bits per heavy atom. The molecule has 21 heavy (non-hydrogen) atoms. The molecule has 2 amide bonds. The summed E-state index contributed by atoms with van der Waals surface area (Å²) in [6, 6.07) is 5.64. The summed E-state index contributed by atoms with van der Waals surface area (Å²) in [5.41, 5.74) is 2.71. The molecular weight excluding hydrogens is 270 g/mol. The molecule has 2 N–H and O–H groups in total. The maximum absolute atomic E-state index is 11.2. The SMILES string of the molecule is COn1cc(CCNC(C)=O)c2cc(NC(C)=O)ccc21. The molecule has 2 rings (SSSR count). The Bertz CT molecular complexity index is 676. The average Bonchev–Trinajstić information content (AvgIpc) is 2.75. The van der Waals surface area contributed by atoms with E-state index in [1.54, 1.807) is 11.8 Å². The van der Waals surface area contributed by atoms with Crippen LogP contribution in [0.25, 0.3) is 10.9 Å². The van der Waals surface area contributed by atoms with Crippen LogP contribution in [0.15, 0.2) is 24.4 Å². The highest BCUT2D eigenvalue weighted by molar-refractivity contribution is 5.93. The molecule has 1 aromatic carbocycles. The number of nitrogens with zero attached hydrogens (tertiary/aromatic N) is 1.